The first-order valence-electron chi connectivity index (χ1n) is 3.50. The highest BCUT2D eigenvalue weighted by Crippen LogP contribution is 2.28. The third-order valence-electron chi connectivity index (χ3n) is 1.37. The van der Waals surface area contributed by atoms with Gasteiger partial charge in [0.1, 0.15) is 0 Å². The van der Waals surface area contributed by atoms with Crippen LogP contribution in [-0.2, 0) is 0 Å². The average Bonchev–Trinajstić information content (AvgIpc) is 2.14. The van der Waals surface area contributed by atoms with E-state index < -0.39 is 5.82 Å². The van der Waals surface area contributed by atoms with E-state index in [1.54, 1.807) is 0 Å². The molecule has 0 fully saturated rings. The smallest absolute Gasteiger partial charge is 0.208 e. The zero-order chi connectivity index (χ0) is 10.7. The lowest BCUT2D eigenvalue weighted by atomic mass is 10.3. The standard InChI is InChI=1S/C7H7Cl2FN4/c8-4-1-3(13-7(11)14-12)2-5(9)6(4)10/h1-2H,12H2,(H3,11,13,14). The predicted octanol–water partition coefficient (Wildman–Crippen LogP) is 1.54. The first-order chi connectivity index (χ1) is 6.54. The Kier molecular flexibility index (Phi) is 3.51. The summed E-state index contributed by atoms with van der Waals surface area (Å²) in [7, 11) is 0. The van der Waals surface area contributed by atoms with Crippen molar-refractivity contribution in [3.63, 3.8) is 0 Å². The number of halogens is 3. The lowest BCUT2D eigenvalue weighted by molar-refractivity contribution is 0.629. The molecule has 0 aromatic heterocycles. The summed E-state index contributed by atoms with van der Waals surface area (Å²) in [6, 6.07) is 2.57. The van der Waals surface area contributed by atoms with Crippen LogP contribution in [0.4, 0.5) is 10.1 Å². The SMILES string of the molecule is NNC(N)=Nc1cc(Cl)c(F)c(Cl)c1. The molecule has 5 N–H and O–H groups in total. The highest BCUT2D eigenvalue weighted by atomic mass is 35.5. The molecule has 0 radical (unpaired) electrons. The number of hydrazine groups is 1. The fourth-order valence-corrected chi connectivity index (χ4v) is 1.25. The van der Waals surface area contributed by atoms with Gasteiger partial charge in [-0.15, -0.1) is 0 Å². The van der Waals surface area contributed by atoms with Crippen LogP contribution in [0.2, 0.25) is 10.0 Å². The number of hydrogen-bond acceptors (Lipinski definition) is 2. The van der Waals surface area contributed by atoms with E-state index in [0.717, 1.165) is 0 Å². The van der Waals surface area contributed by atoms with Gasteiger partial charge in [0.25, 0.3) is 0 Å². The van der Waals surface area contributed by atoms with Gasteiger partial charge in [0.15, 0.2) is 5.82 Å². The molecule has 0 unspecified atom stereocenters. The van der Waals surface area contributed by atoms with Crippen molar-refractivity contribution in [1.29, 1.82) is 0 Å². The summed E-state index contributed by atoms with van der Waals surface area (Å²) in [5, 5.41) is -0.248. The van der Waals surface area contributed by atoms with Gasteiger partial charge in [-0.3, -0.25) is 5.43 Å². The van der Waals surface area contributed by atoms with E-state index in [9.17, 15) is 4.39 Å². The lowest BCUT2D eigenvalue weighted by Gasteiger charge is -2.01. The van der Waals surface area contributed by atoms with Crippen LogP contribution < -0.4 is 17.0 Å². The minimum absolute atomic E-state index is 0.0243. The molecule has 1 aromatic carbocycles. The fourth-order valence-electron chi connectivity index (χ4n) is 0.778. The Morgan fingerprint density at radius 1 is 1.36 bits per heavy atom. The van der Waals surface area contributed by atoms with Gasteiger partial charge in [-0.1, -0.05) is 23.2 Å². The zero-order valence-corrected chi connectivity index (χ0v) is 8.40. The van der Waals surface area contributed by atoms with E-state index in [0.29, 0.717) is 5.69 Å². The maximum absolute atomic E-state index is 12.9. The van der Waals surface area contributed by atoms with Crippen molar-refractivity contribution in [3.8, 4) is 0 Å². The van der Waals surface area contributed by atoms with Crippen LogP contribution in [0.5, 0.6) is 0 Å². The van der Waals surface area contributed by atoms with Crippen LogP contribution in [0.1, 0.15) is 0 Å². The molecule has 0 spiro atoms. The van der Waals surface area contributed by atoms with E-state index in [1.165, 1.54) is 12.1 Å². The van der Waals surface area contributed by atoms with Crippen molar-refractivity contribution < 1.29 is 4.39 Å². The Morgan fingerprint density at radius 2 is 1.86 bits per heavy atom. The maximum atomic E-state index is 12.9. The number of rotatable bonds is 1. The van der Waals surface area contributed by atoms with Crippen LogP contribution in [0.25, 0.3) is 0 Å². The van der Waals surface area contributed by atoms with Crippen molar-refractivity contribution in [2.24, 2.45) is 16.6 Å². The molecule has 4 nitrogen and oxygen atoms in total. The largest absolute Gasteiger partial charge is 0.369 e. The maximum Gasteiger partial charge on any atom is 0.208 e. The second-order valence-corrected chi connectivity index (χ2v) is 3.18. The minimum Gasteiger partial charge on any atom is -0.369 e. The van der Waals surface area contributed by atoms with E-state index >= 15 is 0 Å². The molecule has 1 aromatic rings. The quantitative estimate of drug-likeness (QED) is 0.228. The topological polar surface area (TPSA) is 76.4 Å². The van der Waals surface area contributed by atoms with Crippen LogP contribution in [-0.4, -0.2) is 5.96 Å². The summed E-state index contributed by atoms with van der Waals surface area (Å²) in [6.07, 6.45) is 0. The minimum atomic E-state index is -0.688. The second kappa shape index (κ2) is 4.45. The van der Waals surface area contributed by atoms with Crippen LogP contribution in [0.3, 0.4) is 0 Å². The first kappa shape index (κ1) is 11.0. The van der Waals surface area contributed by atoms with Crippen molar-refractivity contribution in [2.75, 3.05) is 0 Å². The van der Waals surface area contributed by atoms with Gasteiger partial charge in [-0.25, -0.2) is 15.2 Å². The van der Waals surface area contributed by atoms with Crippen molar-refractivity contribution in [2.45, 2.75) is 0 Å². The number of benzene rings is 1. The summed E-state index contributed by atoms with van der Waals surface area (Å²) in [5.74, 6) is 4.27. The molecule has 0 aliphatic carbocycles. The molecule has 1 rings (SSSR count). The monoisotopic (exact) mass is 236 g/mol. The Labute approximate surface area is 89.7 Å². The number of aliphatic imine (C=N–C) groups is 1. The lowest BCUT2D eigenvalue weighted by Crippen LogP contribution is -2.36. The molecular formula is C7H7Cl2FN4. The van der Waals surface area contributed by atoms with Crippen molar-refractivity contribution >= 4 is 34.8 Å². The third kappa shape index (κ3) is 2.47. The molecule has 0 saturated heterocycles. The normalized spacial score (nSPS) is 11.6. The third-order valence-corrected chi connectivity index (χ3v) is 1.92. The molecule has 0 saturated carbocycles. The van der Waals surface area contributed by atoms with E-state index in [1.807, 2.05) is 0 Å². The summed E-state index contributed by atoms with van der Waals surface area (Å²) in [5.41, 5.74) is 7.71. The van der Waals surface area contributed by atoms with Crippen LogP contribution in [0, 0.1) is 5.82 Å². The van der Waals surface area contributed by atoms with Gasteiger partial charge in [-0.2, -0.15) is 0 Å². The highest BCUT2D eigenvalue weighted by molar-refractivity contribution is 6.35. The van der Waals surface area contributed by atoms with Crippen LogP contribution in [0.15, 0.2) is 17.1 Å². The van der Waals surface area contributed by atoms with Gasteiger partial charge in [0, 0.05) is 0 Å². The molecule has 0 amide bonds. The molecule has 0 atom stereocenters. The molecule has 76 valence electrons. The van der Waals surface area contributed by atoms with E-state index in [4.69, 9.17) is 34.8 Å². The Morgan fingerprint density at radius 3 is 2.29 bits per heavy atom. The fraction of sp³-hybridized carbons (Fsp3) is 0. The summed E-state index contributed by atoms with van der Waals surface area (Å²) >= 11 is 11.0. The van der Waals surface area contributed by atoms with E-state index in [-0.39, 0.29) is 16.0 Å². The number of nitrogens with one attached hydrogen (secondary N) is 1. The van der Waals surface area contributed by atoms with Gasteiger partial charge in [0.2, 0.25) is 5.96 Å². The number of hydrogen-bond donors (Lipinski definition) is 3. The van der Waals surface area contributed by atoms with Crippen molar-refractivity contribution in [3.05, 3.63) is 28.0 Å². The van der Waals surface area contributed by atoms with Crippen molar-refractivity contribution in [1.82, 2.24) is 5.43 Å². The Bertz CT molecular complexity index is 357. The number of nitrogens with two attached hydrogens (primary N) is 2. The van der Waals surface area contributed by atoms with Gasteiger partial charge >= 0.3 is 0 Å². The Hall–Kier alpha value is -1.04. The first-order valence-corrected chi connectivity index (χ1v) is 4.25. The Balaban J connectivity index is 3.13. The molecule has 0 aliphatic rings. The number of nitrogens with zero attached hydrogens (tertiary/aromatic N) is 1. The number of guanidine groups is 1. The summed E-state index contributed by atoms with van der Waals surface area (Å²) < 4.78 is 12.9. The predicted molar refractivity (Wildman–Crippen MR) is 55.0 cm³/mol. The van der Waals surface area contributed by atoms with Gasteiger partial charge < -0.3 is 5.73 Å². The molecule has 14 heavy (non-hydrogen) atoms. The summed E-state index contributed by atoms with van der Waals surface area (Å²) in [4.78, 5) is 3.76. The average molecular weight is 237 g/mol. The molecular weight excluding hydrogens is 230 g/mol. The molecule has 7 heteroatoms. The molecule has 0 bridgehead atoms. The van der Waals surface area contributed by atoms with E-state index in [2.05, 4.69) is 10.4 Å². The zero-order valence-electron chi connectivity index (χ0n) is 6.89. The second-order valence-electron chi connectivity index (χ2n) is 2.36. The summed E-state index contributed by atoms with van der Waals surface area (Å²) in [6.45, 7) is 0. The molecule has 0 aliphatic heterocycles. The van der Waals surface area contributed by atoms with Crippen LogP contribution >= 0.6 is 23.2 Å². The highest BCUT2D eigenvalue weighted by Gasteiger charge is 2.06. The van der Waals surface area contributed by atoms with Gasteiger partial charge in [0.05, 0.1) is 15.7 Å². The molecule has 0 heterocycles. The van der Waals surface area contributed by atoms with Gasteiger partial charge in [-0.05, 0) is 12.1 Å².